The summed E-state index contributed by atoms with van der Waals surface area (Å²) in [6, 6.07) is 1.70. The summed E-state index contributed by atoms with van der Waals surface area (Å²) < 4.78 is 10.7. The van der Waals surface area contributed by atoms with E-state index in [0.717, 1.165) is 5.56 Å². The zero-order chi connectivity index (χ0) is 14.2. The van der Waals surface area contributed by atoms with E-state index < -0.39 is 5.60 Å². The lowest BCUT2D eigenvalue weighted by Gasteiger charge is -2.35. The number of pyridine rings is 1. The Hall–Kier alpha value is -1.91. The highest BCUT2D eigenvalue weighted by Crippen LogP contribution is 2.47. The average Bonchev–Trinajstić information content (AvgIpc) is 2.74. The topological polar surface area (TPSA) is 65.5 Å². The fourth-order valence-corrected chi connectivity index (χ4v) is 3.17. The Morgan fingerprint density at radius 1 is 1.50 bits per heavy atom. The van der Waals surface area contributed by atoms with Crippen LogP contribution < -0.4 is 0 Å². The minimum absolute atomic E-state index is 0.0833. The number of aromatic nitrogens is 1. The summed E-state index contributed by atoms with van der Waals surface area (Å²) in [5, 5.41) is 0. The molecule has 20 heavy (non-hydrogen) atoms. The van der Waals surface area contributed by atoms with Gasteiger partial charge in [0, 0.05) is 18.0 Å². The average molecular weight is 275 g/mol. The minimum Gasteiger partial charge on any atom is -0.466 e. The second-order valence-electron chi connectivity index (χ2n) is 5.33. The lowest BCUT2D eigenvalue weighted by molar-refractivity contribution is -0.151. The maximum atomic E-state index is 11.9. The molecule has 0 atom stereocenters. The van der Waals surface area contributed by atoms with Crippen LogP contribution in [0.4, 0.5) is 0 Å². The highest BCUT2D eigenvalue weighted by Gasteiger charge is 2.48. The maximum Gasteiger partial charge on any atom is 0.339 e. The molecule has 1 saturated carbocycles. The first-order valence-electron chi connectivity index (χ1n) is 7.01. The number of hydrogen-bond donors (Lipinski definition) is 0. The molecule has 0 aromatic carbocycles. The first kappa shape index (κ1) is 13.1. The number of esters is 2. The van der Waals surface area contributed by atoms with Crippen LogP contribution in [0.2, 0.25) is 0 Å². The molecule has 0 amide bonds. The fraction of sp³-hybridized carbons (Fsp3) is 0.533. The third-order valence-corrected chi connectivity index (χ3v) is 4.23. The Morgan fingerprint density at radius 2 is 2.25 bits per heavy atom. The molecule has 1 aromatic heterocycles. The summed E-state index contributed by atoms with van der Waals surface area (Å²) in [6.45, 7) is 2.21. The largest absolute Gasteiger partial charge is 0.466 e. The molecule has 1 spiro atoms. The van der Waals surface area contributed by atoms with Crippen LogP contribution in [0.15, 0.2) is 18.5 Å². The standard InChI is InChI=1S/C15H17NO4/c1-2-19-13(17)10-3-6-15(7-4-10)12-9-16-8-5-11(12)14(18)20-15/h5,8-10H,2-4,6-7H2,1H3/t10-,15-. The van der Waals surface area contributed by atoms with Crippen LogP contribution in [-0.4, -0.2) is 23.5 Å². The van der Waals surface area contributed by atoms with Crippen molar-refractivity contribution in [2.24, 2.45) is 5.92 Å². The number of nitrogens with zero attached hydrogens (tertiary/aromatic N) is 1. The van der Waals surface area contributed by atoms with E-state index in [0.29, 0.717) is 37.9 Å². The fourth-order valence-electron chi connectivity index (χ4n) is 3.17. The lowest BCUT2D eigenvalue weighted by Crippen LogP contribution is -2.34. The van der Waals surface area contributed by atoms with Gasteiger partial charge in [-0.05, 0) is 38.7 Å². The second kappa shape index (κ2) is 4.89. The molecular formula is C15H17NO4. The van der Waals surface area contributed by atoms with E-state index in [-0.39, 0.29) is 17.9 Å². The minimum atomic E-state index is -0.580. The number of rotatable bonds is 2. The van der Waals surface area contributed by atoms with Crippen LogP contribution in [0.1, 0.15) is 48.5 Å². The highest BCUT2D eigenvalue weighted by molar-refractivity contribution is 5.94. The summed E-state index contributed by atoms with van der Waals surface area (Å²) in [5.41, 5.74) is 0.894. The van der Waals surface area contributed by atoms with Crippen molar-refractivity contribution in [3.8, 4) is 0 Å². The summed E-state index contributed by atoms with van der Waals surface area (Å²) >= 11 is 0. The molecule has 5 heteroatoms. The van der Waals surface area contributed by atoms with Gasteiger partial charge in [-0.1, -0.05) is 0 Å². The molecule has 0 radical (unpaired) electrons. The normalized spacial score (nSPS) is 28.1. The van der Waals surface area contributed by atoms with E-state index in [2.05, 4.69) is 4.98 Å². The van der Waals surface area contributed by atoms with E-state index in [4.69, 9.17) is 9.47 Å². The van der Waals surface area contributed by atoms with Gasteiger partial charge in [-0.3, -0.25) is 9.78 Å². The molecule has 3 rings (SSSR count). The van der Waals surface area contributed by atoms with Crippen LogP contribution >= 0.6 is 0 Å². The maximum absolute atomic E-state index is 11.9. The van der Waals surface area contributed by atoms with E-state index >= 15 is 0 Å². The SMILES string of the molecule is CCOC(=O)[C@H]1CC[C@@]2(CC1)OC(=O)c1ccncc12. The van der Waals surface area contributed by atoms with Gasteiger partial charge in [0.25, 0.3) is 0 Å². The van der Waals surface area contributed by atoms with Gasteiger partial charge in [0.2, 0.25) is 0 Å². The van der Waals surface area contributed by atoms with Crippen LogP contribution in [0.3, 0.4) is 0 Å². The molecule has 0 unspecified atom stereocenters. The van der Waals surface area contributed by atoms with Crippen molar-refractivity contribution < 1.29 is 19.1 Å². The molecule has 0 bridgehead atoms. The molecule has 106 valence electrons. The number of fused-ring (bicyclic) bond motifs is 2. The lowest BCUT2D eigenvalue weighted by atomic mass is 9.75. The van der Waals surface area contributed by atoms with Crippen molar-refractivity contribution in [2.45, 2.75) is 38.2 Å². The van der Waals surface area contributed by atoms with Crippen molar-refractivity contribution in [1.82, 2.24) is 4.98 Å². The van der Waals surface area contributed by atoms with Gasteiger partial charge in [0.1, 0.15) is 5.60 Å². The van der Waals surface area contributed by atoms with Gasteiger partial charge < -0.3 is 9.47 Å². The van der Waals surface area contributed by atoms with Crippen molar-refractivity contribution in [3.05, 3.63) is 29.6 Å². The molecule has 1 aliphatic heterocycles. The zero-order valence-corrected chi connectivity index (χ0v) is 11.4. The van der Waals surface area contributed by atoms with Crippen LogP contribution in [0, 0.1) is 5.92 Å². The van der Waals surface area contributed by atoms with Gasteiger partial charge in [-0.15, -0.1) is 0 Å². The van der Waals surface area contributed by atoms with Crippen molar-refractivity contribution >= 4 is 11.9 Å². The Bertz CT molecular complexity index is 547. The van der Waals surface area contributed by atoms with Crippen LogP contribution in [0.5, 0.6) is 0 Å². The van der Waals surface area contributed by atoms with Crippen LogP contribution in [-0.2, 0) is 19.9 Å². The molecule has 0 N–H and O–H groups in total. The van der Waals surface area contributed by atoms with E-state index in [1.807, 2.05) is 6.92 Å². The Kier molecular flexibility index (Phi) is 3.20. The summed E-state index contributed by atoms with van der Waals surface area (Å²) in [4.78, 5) is 27.8. The van der Waals surface area contributed by atoms with Crippen molar-refractivity contribution in [1.29, 1.82) is 0 Å². The third kappa shape index (κ3) is 1.97. The van der Waals surface area contributed by atoms with Gasteiger partial charge in [-0.2, -0.15) is 0 Å². The number of carbonyl (C=O) groups excluding carboxylic acids is 2. The number of carbonyl (C=O) groups is 2. The molecular weight excluding hydrogens is 258 g/mol. The highest BCUT2D eigenvalue weighted by atomic mass is 16.6. The van der Waals surface area contributed by atoms with E-state index in [1.165, 1.54) is 0 Å². The predicted octanol–water partition coefficient (Wildman–Crippen LogP) is 2.20. The predicted molar refractivity (Wildman–Crippen MR) is 69.9 cm³/mol. The summed E-state index contributed by atoms with van der Waals surface area (Å²) in [7, 11) is 0. The number of hydrogen-bond acceptors (Lipinski definition) is 5. The smallest absolute Gasteiger partial charge is 0.339 e. The molecule has 1 fully saturated rings. The van der Waals surface area contributed by atoms with Gasteiger partial charge >= 0.3 is 11.9 Å². The molecule has 5 nitrogen and oxygen atoms in total. The van der Waals surface area contributed by atoms with Crippen molar-refractivity contribution in [2.75, 3.05) is 6.61 Å². The molecule has 2 aliphatic rings. The van der Waals surface area contributed by atoms with E-state index in [9.17, 15) is 9.59 Å². The molecule has 1 aliphatic carbocycles. The third-order valence-electron chi connectivity index (χ3n) is 4.23. The Morgan fingerprint density at radius 3 is 2.95 bits per heavy atom. The number of ether oxygens (including phenoxy) is 2. The van der Waals surface area contributed by atoms with Gasteiger partial charge in [0.15, 0.2) is 0 Å². The summed E-state index contributed by atoms with van der Waals surface area (Å²) in [6.07, 6.45) is 5.98. The van der Waals surface area contributed by atoms with E-state index in [1.54, 1.807) is 18.5 Å². The second-order valence-corrected chi connectivity index (χ2v) is 5.33. The molecule has 1 aromatic rings. The zero-order valence-electron chi connectivity index (χ0n) is 11.4. The quantitative estimate of drug-likeness (QED) is 0.774. The van der Waals surface area contributed by atoms with Crippen LogP contribution in [0.25, 0.3) is 0 Å². The molecule has 2 heterocycles. The summed E-state index contributed by atoms with van der Waals surface area (Å²) in [5.74, 6) is -0.505. The van der Waals surface area contributed by atoms with Crippen molar-refractivity contribution in [3.63, 3.8) is 0 Å². The molecule has 0 saturated heterocycles. The first-order chi connectivity index (χ1) is 9.66. The van der Waals surface area contributed by atoms with Gasteiger partial charge in [0.05, 0.1) is 18.1 Å². The first-order valence-corrected chi connectivity index (χ1v) is 7.01. The Labute approximate surface area is 117 Å². The van der Waals surface area contributed by atoms with Gasteiger partial charge in [-0.25, -0.2) is 4.79 Å². The monoisotopic (exact) mass is 275 g/mol. The Balaban J connectivity index is 1.78.